The fraction of sp³-hybridized carbons (Fsp3) is 0.316. The smallest absolute Gasteiger partial charge is 0.246 e. The lowest BCUT2D eigenvalue weighted by atomic mass is 9.83. The highest BCUT2D eigenvalue weighted by Gasteiger charge is 2.25. The molecule has 7 nitrogen and oxygen atoms in total. The molecule has 1 aromatic heterocycles. The predicted molar refractivity (Wildman–Crippen MR) is 93.1 cm³/mol. The summed E-state index contributed by atoms with van der Waals surface area (Å²) in [6.07, 6.45) is 4.70. The normalized spacial score (nSPS) is 18.3. The molecular formula is C19H19N3O4. The van der Waals surface area contributed by atoms with Gasteiger partial charge < -0.3 is 10.1 Å². The average molecular weight is 353 g/mol. The van der Waals surface area contributed by atoms with E-state index in [4.69, 9.17) is 9.94 Å². The number of fused-ring (bicyclic) bond motifs is 2. The average Bonchev–Trinajstić information content (AvgIpc) is 2.66. The second-order valence-corrected chi connectivity index (χ2v) is 6.63. The molecule has 0 bridgehead atoms. The van der Waals surface area contributed by atoms with Gasteiger partial charge in [0.25, 0.3) is 0 Å². The number of amides is 2. The molecule has 4 rings (SSSR count). The number of carbonyl (C=O) groups excluding carboxylic acids is 2. The Kier molecular flexibility index (Phi) is 4.30. The standard InChI is InChI=1S/C19H19N3O4/c23-17-6-5-15-16(7-8-20-18(15)21-17)26-14-4-3-11-1-2-12(19(24)22-25)9-13(11)10-14/h3-4,7-8,10,12,25H,1-2,5-6,9H2,(H,22,24)(H,20,21,23)/t12-/m0/s1. The summed E-state index contributed by atoms with van der Waals surface area (Å²) in [5, 5.41) is 11.6. The molecule has 0 spiro atoms. The number of hydroxylamine groups is 1. The van der Waals surface area contributed by atoms with Crippen LogP contribution in [0.3, 0.4) is 0 Å². The van der Waals surface area contributed by atoms with Gasteiger partial charge in [-0.3, -0.25) is 14.8 Å². The Morgan fingerprint density at radius 1 is 1.23 bits per heavy atom. The first kappa shape index (κ1) is 16.5. The number of benzene rings is 1. The van der Waals surface area contributed by atoms with Crippen molar-refractivity contribution >= 4 is 17.6 Å². The highest BCUT2D eigenvalue weighted by atomic mass is 16.5. The first-order valence-electron chi connectivity index (χ1n) is 8.65. The fourth-order valence-electron chi connectivity index (χ4n) is 3.59. The van der Waals surface area contributed by atoms with Crippen LogP contribution >= 0.6 is 0 Å². The van der Waals surface area contributed by atoms with Gasteiger partial charge in [0, 0.05) is 24.1 Å². The van der Waals surface area contributed by atoms with Crippen LogP contribution in [0.15, 0.2) is 30.5 Å². The minimum Gasteiger partial charge on any atom is -0.457 e. The van der Waals surface area contributed by atoms with Crippen molar-refractivity contribution in [3.05, 3.63) is 47.2 Å². The van der Waals surface area contributed by atoms with E-state index in [1.807, 2.05) is 18.2 Å². The van der Waals surface area contributed by atoms with E-state index in [0.717, 1.165) is 24.0 Å². The molecule has 3 N–H and O–H groups in total. The predicted octanol–water partition coefficient (Wildman–Crippen LogP) is 2.37. The van der Waals surface area contributed by atoms with E-state index in [9.17, 15) is 9.59 Å². The Balaban J connectivity index is 1.58. The van der Waals surface area contributed by atoms with E-state index in [0.29, 0.717) is 36.6 Å². The number of pyridine rings is 1. The van der Waals surface area contributed by atoms with Crippen LogP contribution in [-0.4, -0.2) is 22.0 Å². The monoisotopic (exact) mass is 353 g/mol. The van der Waals surface area contributed by atoms with Crippen molar-refractivity contribution in [3.63, 3.8) is 0 Å². The van der Waals surface area contributed by atoms with Crippen molar-refractivity contribution in [1.29, 1.82) is 0 Å². The molecule has 2 aromatic rings. The molecule has 1 aromatic carbocycles. The molecule has 0 saturated heterocycles. The second-order valence-electron chi connectivity index (χ2n) is 6.63. The molecule has 1 aliphatic carbocycles. The van der Waals surface area contributed by atoms with Gasteiger partial charge in [-0.25, -0.2) is 10.5 Å². The molecule has 0 radical (unpaired) electrons. The minimum atomic E-state index is -0.346. The molecular weight excluding hydrogens is 334 g/mol. The molecule has 26 heavy (non-hydrogen) atoms. The van der Waals surface area contributed by atoms with Crippen molar-refractivity contribution in [1.82, 2.24) is 10.5 Å². The molecule has 0 unspecified atom stereocenters. The Hall–Kier alpha value is -2.93. The quantitative estimate of drug-likeness (QED) is 0.581. The minimum absolute atomic E-state index is 0.0378. The topological polar surface area (TPSA) is 101 Å². The van der Waals surface area contributed by atoms with Crippen LogP contribution in [0.5, 0.6) is 11.5 Å². The zero-order chi connectivity index (χ0) is 18.1. The van der Waals surface area contributed by atoms with Crippen LogP contribution in [0.4, 0.5) is 5.82 Å². The Bertz CT molecular complexity index is 881. The van der Waals surface area contributed by atoms with Crippen LogP contribution in [0.1, 0.15) is 29.5 Å². The lowest BCUT2D eigenvalue weighted by molar-refractivity contribution is -0.133. The van der Waals surface area contributed by atoms with E-state index in [-0.39, 0.29) is 17.7 Å². The molecule has 7 heteroatoms. The summed E-state index contributed by atoms with van der Waals surface area (Å²) in [4.78, 5) is 27.4. The number of nitrogens with zero attached hydrogens (tertiary/aromatic N) is 1. The van der Waals surface area contributed by atoms with Gasteiger partial charge in [-0.2, -0.15) is 0 Å². The largest absolute Gasteiger partial charge is 0.457 e. The van der Waals surface area contributed by atoms with Crippen molar-refractivity contribution in [2.75, 3.05) is 5.32 Å². The first-order chi connectivity index (χ1) is 12.6. The van der Waals surface area contributed by atoms with Crippen LogP contribution in [0.25, 0.3) is 0 Å². The van der Waals surface area contributed by atoms with E-state index < -0.39 is 0 Å². The zero-order valence-electron chi connectivity index (χ0n) is 14.1. The first-order valence-corrected chi connectivity index (χ1v) is 8.65. The summed E-state index contributed by atoms with van der Waals surface area (Å²) in [5.41, 5.74) is 4.89. The van der Waals surface area contributed by atoms with Crippen LogP contribution in [0.2, 0.25) is 0 Å². The summed E-state index contributed by atoms with van der Waals surface area (Å²) in [5.74, 6) is 1.29. The molecule has 0 saturated carbocycles. The summed E-state index contributed by atoms with van der Waals surface area (Å²) in [6, 6.07) is 7.67. The lowest BCUT2D eigenvalue weighted by Crippen LogP contribution is -2.31. The van der Waals surface area contributed by atoms with Gasteiger partial charge in [-0.1, -0.05) is 6.07 Å². The third-order valence-corrected chi connectivity index (χ3v) is 4.99. The zero-order valence-corrected chi connectivity index (χ0v) is 14.1. The molecule has 134 valence electrons. The number of rotatable bonds is 3. The van der Waals surface area contributed by atoms with Crippen LogP contribution in [-0.2, 0) is 28.9 Å². The summed E-state index contributed by atoms with van der Waals surface area (Å²) in [6.45, 7) is 0. The summed E-state index contributed by atoms with van der Waals surface area (Å²) >= 11 is 0. The van der Waals surface area contributed by atoms with E-state index in [1.54, 1.807) is 17.7 Å². The van der Waals surface area contributed by atoms with Gasteiger partial charge in [0.2, 0.25) is 11.8 Å². The molecule has 1 atom stereocenters. The number of carbonyl (C=O) groups is 2. The number of anilines is 1. The van der Waals surface area contributed by atoms with Gasteiger partial charge in [0.15, 0.2) is 0 Å². The second kappa shape index (κ2) is 6.76. The summed E-state index contributed by atoms with van der Waals surface area (Å²) in [7, 11) is 0. The summed E-state index contributed by atoms with van der Waals surface area (Å²) < 4.78 is 6.06. The Labute approximate surface area is 150 Å². The third-order valence-electron chi connectivity index (χ3n) is 4.99. The maximum Gasteiger partial charge on any atom is 0.246 e. The van der Waals surface area contributed by atoms with E-state index in [2.05, 4.69) is 10.3 Å². The van der Waals surface area contributed by atoms with Gasteiger partial charge in [0.1, 0.15) is 17.3 Å². The highest BCUT2D eigenvalue weighted by Crippen LogP contribution is 2.35. The van der Waals surface area contributed by atoms with Crippen LogP contribution < -0.4 is 15.5 Å². The SMILES string of the molecule is O=C1CCc2c(Oc3ccc4c(c3)C[C@@H](C(=O)NO)CC4)ccnc2N1. The molecule has 1 aliphatic heterocycles. The Morgan fingerprint density at radius 2 is 2.12 bits per heavy atom. The number of nitrogens with one attached hydrogen (secondary N) is 2. The molecule has 2 amide bonds. The van der Waals surface area contributed by atoms with Crippen molar-refractivity contribution in [3.8, 4) is 11.5 Å². The number of aromatic nitrogens is 1. The van der Waals surface area contributed by atoms with Gasteiger partial charge in [0.05, 0.1) is 0 Å². The molecule has 2 aliphatic rings. The Morgan fingerprint density at radius 3 is 2.96 bits per heavy atom. The maximum absolute atomic E-state index is 11.7. The molecule has 2 heterocycles. The number of hydrogen-bond acceptors (Lipinski definition) is 5. The molecule has 0 fully saturated rings. The van der Waals surface area contributed by atoms with E-state index in [1.165, 1.54) is 5.56 Å². The van der Waals surface area contributed by atoms with Crippen LogP contribution in [0, 0.1) is 5.92 Å². The van der Waals surface area contributed by atoms with Gasteiger partial charge >= 0.3 is 0 Å². The number of hydrogen-bond donors (Lipinski definition) is 3. The maximum atomic E-state index is 11.7. The lowest BCUT2D eigenvalue weighted by Gasteiger charge is -2.24. The third kappa shape index (κ3) is 3.13. The van der Waals surface area contributed by atoms with Gasteiger partial charge in [-0.15, -0.1) is 0 Å². The van der Waals surface area contributed by atoms with Crippen molar-refractivity contribution in [2.24, 2.45) is 5.92 Å². The van der Waals surface area contributed by atoms with Gasteiger partial charge in [-0.05, 0) is 55.0 Å². The fourth-order valence-corrected chi connectivity index (χ4v) is 3.59. The van der Waals surface area contributed by atoms with E-state index >= 15 is 0 Å². The van der Waals surface area contributed by atoms with Crippen molar-refractivity contribution in [2.45, 2.75) is 32.1 Å². The number of aryl methyl sites for hydroxylation is 1. The number of ether oxygens (including phenoxy) is 1. The highest BCUT2D eigenvalue weighted by molar-refractivity contribution is 5.93. The van der Waals surface area contributed by atoms with Crippen molar-refractivity contribution < 1.29 is 19.5 Å².